The van der Waals surface area contributed by atoms with Crippen molar-refractivity contribution in [3.63, 3.8) is 0 Å². The number of carbonyl (C=O) groups excluding carboxylic acids is 13. The number of hydrogen-bond donors (Lipinski definition) is 5. The zero-order valence-corrected chi connectivity index (χ0v) is 64.7. The van der Waals surface area contributed by atoms with Gasteiger partial charge in [-0.2, -0.15) is 0 Å². The van der Waals surface area contributed by atoms with E-state index in [0.29, 0.717) is 26.2 Å². The van der Waals surface area contributed by atoms with Crippen molar-refractivity contribution >= 4 is 77.0 Å². The van der Waals surface area contributed by atoms with Crippen LogP contribution < -0.4 is 26.6 Å². The van der Waals surface area contributed by atoms with Crippen molar-refractivity contribution in [3.05, 3.63) is 12.2 Å². The van der Waals surface area contributed by atoms with Crippen molar-refractivity contribution in [1.82, 2.24) is 65.8 Å². The van der Waals surface area contributed by atoms with Crippen LogP contribution in [0.3, 0.4) is 0 Å². The fourth-order valence-corrected chi connectivity index (χ4v) is 12.3. The lowest BCUT2D eigenvalue weighted by Crippen LogP contribution is -2.64. The molecule has 0 aliphatic carbocycles. The average Bonchev–Trinajstić information content (AvgIpc) is 0.795. The van der Waals surface area contributed by atoms with E-state index in [1.54, 1.807) is 72.4 Å². The van der Waals surface area contributed by atoms with E-state index >= 15 is 19.2 Å². The second-order valence-corrected chi connectivity index (χ2v) is 29.4. The Morgan fingerprint density at radius 2 is 0.990 bits per heavy atom. The van der Waals surface area contributed by atoms with Gasteiger partial charge in [0.25, 0.3) is 0 Å². The minimum Gasteiger partial charge on any atom is -0.459 e. The topological polar surface area (TPSA) is 336 Å². The first-order chi connectivity index (χ1) is 46.5. The molecule has 14 atom stereocenters. The summed E-state index contributed by atoms with van der Waals surface area (Å²) in [7, 11) is 10.3. The molecule has 0 radical (unpaired) electrons. The van der Waals surface area contributed by atoms with Crippen LogP contribution in [-0.4, -0.2) is 284 Å². The van der Waals surface area contributed by atoms with Gasteiger partial charge in [-0.3, -0.25) is 57.5 Å². The Hall–Kier alpha value is -7.43. The standard InChI is InChI=1S/C71H125N13O16/c1-26-28-29-45(13)59(100-50(18)85)58-64(90)74-51(27-2)66(92)78(20)49(17)61(87)76-56(46(14)39-98-34-35-99-71(97)84-32-30-77(19)31-33-84)63(89)75-55(43(9)10)69(95)79(21)52(36-40(3)4)62(88)72-47(15)60(86)73-48(16)65(91)80(22)53(37-41(5)6)67(93)81(23)54(38-42(7)8)68(94)82(24)57(44(11)12)70(96)83(58)25/h26,28,40-49,51-59H,27,29-39H2,1-25H3,(H,72,88)(H,73,86)(H,74,90)(H,75,89)(H,76,87)/b28-26+/t45-,46-,47+,48-,49-,51+,52+,53+,54+,55+,56+,57+,58+,59-/m1/s1. The average molecular weight is 1420 g/mol. The maximum atomic E-state index is 15.5. The maximum Gasteiger partial charge on any atom is 0.409 e. The Bertz CT molecular complexity index is 2810. The highest BCUT2D eigenvalue weighted by Crippen LogP contribution is 2.27. The first kappa shape index (κ1) is 88.7. The fourth-order valence-electron chi connectivity index (χ4n) is 12.3. The molecular formula is C71H125N13O16. The number of ether oxygens (including phenoxy) is 3. The van der Waals surface area contributed by atoms with Gasteiger partial charge < -0.3 is 80.0 Å². The summed E-state index contributed by atoms with van der Waals surface area (Å²) in [4.78, 5) is 200. The summed E-state index contributed by atoms with van der Waals surface area (Å²) in [5.41, 5.74) is 0. The Labute approximate surface area is 595 Å². The molecule has 29 heteroatoms. The van der Waals surface area contributed by atoms with Crippen LogP contribution in [-0.2, 0) is 71.7 Å². The third-order valence-corrected chi connectivity index (χ3v) is 18.8. The fraction of sp³-hybridized carbons (Fsp3) is 0.789. The highest BCUT2D eigenvalue weighted by molar-refractivity contribution is 6.00. The number of likely N-dealkylation sites (N-methyl/N-ethyl adjacent to an activating group) is 7. The third kappa shape index (κ3) is 25.6. The largest absolute Gasteiger partial charge is 0.459 e. The van der Waals surface area contributed by atoms with E-state index in [0.717, 1.165) is 16.7 Å². The van der Waals surface area contributed by atoms with Crippen LogP contribution in [0.4, 0.5) is 4.79 Å². The van der Waals surface area contributed by atoms with Gasteiger partial charge in [0.05, 0.1) is 13.2 Å². The molecule has 2 aliphatic heterocycles. The summed E-state index contributed by atoms with van der Waals surface area (Å²) in [5, 5.41) is 13.7. The van der Waals surface area contributed by atoms with Gasteiger partial charge in [-0.1, -0.05) is 102 Å². The van der Waals surface area contributed by atoms with E-state index in [1.807, 2.05) is 48.6 Å². The van der Waals surface area contributed by atoms with E-state index in [4.69, 9.17) is 14.2 Å². The van der Waals surface area contributed by atoms with Crippen molar-refractivity contribution in [1.29, 1.82) is 0 Å². The first-order valence-electron chi connectivity index (χ1n) is 35.6. The molecule has 0 aromatic carbocycles. The molecule has 570 valence electrons. The zero-order valence-electron chi connectivity index (χ0n) is 64.7. The molecule has 5 N–H and O–H groups in total. The zero-order chi connectivity index (χ0) is 76.7. The summed E-state index contributed by atoms with van der Waals surface area (Å²) >= 11 is 0. The molecule has 2 rings (SSSR count). The van der Waals surface area contributed by atoms with Gasteiger partial charge in [0.1, 0.15) is 79.2 Å². The number of nitrogens with one attached hydrogen (secondary N) is 5. The SMILES string of the molecule is C/C=C/C[C@@H](C)[C@@H](OC(C)=O)[C@H]1C(=O)N[C@@H](CC)C(=O)N(C)[C@H](C)C(=O)N[C@@H]([C@H](C)COCCOC(=O)N2CCN(C)CC2)C(=O)N[C@@H](C(C)C)C(=O)N(C)[C@@H](CC(C)C)C(=O)N[C@@H](C)C(=O)N[C@H](C)C(=O)N(C)[C@@H](CC(C)C)C(=O)N(C)[C@@H](CC(C)C)C(=O)N(C)[C@@H](C(C)C)C(=O)N1C. The number of allylic oxidation sites excluding steroid dienone is 2. The minimum atomic E-state index is -1.66. The lowest BCUT2D eigenvalue weighted by Gasteiger charge is -2.42. The van der Waals surface area contributed by atoms with E-state index in [-0.39, 0.29) is 69.7 Å². The molecule has 0 saturated carbocycles. The molecule has 2 aliphatic rings. The highest BCUT2D eigenvalue weighted by atomic mass is 16.6. The molecule has 100 heavy (non-hydrogen) atoms. The van der Waals surface area contributed by atoms with Crippen molar-refractivity contribution in [2.75, 3.05) is 95.3 Å². The summed E-state index contributed by atoms with van der Waals surface area (Å²) in [5.74, 6) is -12.4. The summed E-state index contributed by atoms with van der Waals surface area (Å²) in [6.07, 6.45) is 2.24. The Kier molecular flexibility index (Phi) is 36.8. The predicted molar refractivity (Wildman–Crippen MR) is 379 cm³/mol. The van der Waals surface area contributed by atoms with Crippen molar-refractivity contribution in [3.8, 4) is 0 Å². The lowest BCUT2D eigenvalue weighted by molar-refractivity contribution is -0.164. The molecule has 2 fully saturated rings. The Morgan fingerprint density at radius 3 is 1.49 bits per heavy atom. The van der Waals surface area contributed by atoms with Gasteiger partial charge in [-0.05, 0) is 102 Å². The molecule has 0 aromatic rings. The number of hydrogen-bond acceptors (Lipinski definition) is 17. The van der Waals surface area contributed by atoms with E-state index in [1.165, 1.54) is 82.7 Å². The number of piperazine rings is 1. The second-order valence-electron chi connectivity index (χ2n) is 29.4. The van der Waals surface area contributed by atoms with Crippen LogP contribution in [0.5, 0.6) is 0 Å². The molecule has 0 bridgehead atoms. The molecule has 2 saturated heterocycles. The van der Waals surface area contributed by atoms with Gasteiger partial charge in [0.2, 0.25) is 65.0 Å². The maximum absolute atomic E-state index is 15.5. The highest BCUT2D eigenvalue weighted by Gasteiger charge is 2.47. The molecule has 0 unspecified atom stereocenters. The summed E-state index contributed by atoms with van der Waals surface area (Å²) in [6.45, 7) is 31.9. The quantitative estimate of drug-likeness (QED) is 0.0665. The van der Waals surface area contributed by atoms with Crippen molar-refractivity contribution in [2.45, 2.75) is 229 Å². The number of nitrogens with zero attached hydrogens (tertiary/aromatic N) is 8. The van der Waals surface area contributed by atoms with Crippen LogP contribution in [0.15, 0.2) is 12.2 Å². The second kappa shape index (κ2) is 41.5. The van der Waals surface area contributed by atoms with Gasteiger partial charge in [0, 0.05) is 81.3 Å². The Morgan fingerprint density at radius 1 is 0.500 bits per heavy atom. The Balaban J connectivity index is 3.03. The first-order valence-corrected chi connectivity index (χ1v) is 35.6. The number of carbonyl (C=O) groups is 13. The van der Waals surface area contributed by atoms with Crippen LogP contribution >= 0.6 is 0 Å². The molecule has 2 heterocycles. The third-order valence-electron chi connectivity index (χ3n) is 18.8. The monoisotopic (exact) mass is 1420 g/mol. The molecular weight excluding hydrogens is 1290 g/mol. The molecule has 12 amide bonds. The van der Waals surface area contributed by atoms with E-state index in [2.05, 4.69) is 31.5 Å². The lowest BCUT2D eigenvalue weighted by atomic mass is 9.91. The van der Waals surface area contributed by atoms with Crippen molar-refractivity contribution < 1.29 is 76.5 Å². The van der Waals surface area contributed by atoms with Crippen LogP contribution in [0.25, 0.3) is 0 Å². The van der Waals surface area contributed by atoms with E-state index < -0.39 is 173 Å². The van der Waals surface area contributed by atoms with Gasteiger partial charge in [-0.25, -0.2) is 4.79 Å². The van der Waals surface area contributed by atoms with Crippen LogP contribution in [0.2, 0.25) is 0 Å². The summed E-state index contributed by atoms with van der Waals surface area (Å²) < 4.78 is 17.4. The number of rotatable bonds is 20. The number of amides is 12. The molecule has 0 aromatic heterocycles. The molecule has 29 nitrogen and oxygen atoms in total. The van der Waals surface area contributed by atoms with Crippen LogP contribution in [0.1, 0.15) is 157 Å². The normalized spacial score (nSPS) is 26.6. The van der Waals surface area contributed by atoms with Crippen molar-refractivity contribution in [2.24, 2.45) is 41.4 Å². The summed E-state index contributed by atoms with van der Waals surface area (Å²) in [6, 6.07) is -14.7. The van der Waals surface area contributed by atoms with Gasteiger partial charge in [-0.15, -0.1) is 0 Å². The van der Waals surface area contributed by atoms with Gasteiger partial charge >= 0.3 is 12.1 Å². The smallest absolute Gasteiger partial charge is 0.409 e. The molecule has 0 spiro atoms. The van der Waals surface area contributed by atoms with Gasteiger partial charge in [0.15, 0.2) is 0 Å². The predicted octanol–water partition coefficient (Wildman–Crippen LogP) is 2.88. The van der Waals surface area contributed by atoms with Crippen LogP contribution in [0, 0.1) is 41.4 Å². The van der Waals surface area contributed by atoms with E-state index in [9.17, 15) is 43.2 Å². The minimum absolute atomic E-state index is 0.0623. The number of esters is 1.